The zero-order valence-electron chi connectivity index (χ0n) is 19.9. The van der Waals surface area contributed by atoms with Crippen molar-refractivity contribution in [1.82, 2.24) is 0 Å². The molecule has 0 spiro atoms. The summed E-state index contributed by atoms with van der Waals surface area (Å²) in [6, 6.07) is 4.45. The van der Waals surface area contributed by atoms with E-state index in [0.29, 0.717) is 0 Å². The van der Waals surface area contributed by atoms with Gasteiger partial charge in [-0.3, -0.25) is 0 Å². The molecule has 0 aromatic heterocycles. The maximum atomic E-state index is 6.40. The lowest BCUT2D eigenvalue weighted by Gasteiger charge is -2.32. The monoisotopic (exact) mass is 434 g/mol. The van der Waals surface area contributed by atoms with E-state index in [4.69, 9.17) is 17.7 Å². The van der Waals surface area contributed by atoms with Crippen LogP contribution < -0.4 is 0 Å². The highest BCUT2D eigenvalue weighted by Crippen LogP contribution is 2.29. The second kappa shape index (κ2) is 18.1. The Labute approximate surface area is 178 Å². The zero-order chi connectivity index (χ0) is 21.1. The van der Waals surface area contributed by atoms with E-state index in [9.17, 15) is 0 Å². The Hall–Kier alpha value is 0.274. The summed E-state index contributed by atoms with van der Waals surface area (Å²) >= 11 is 0. The molecule has 0 N–H and O–H groups in total. The second-order valence-corrected chi connectivity index (χ2v) is 14.7. The van der Waals surface area contributed by atoms with Crippen LogP contribution in [0.5, 0.6) is 0 Å². The van der Waals surface area contributed by atoms with Crippen molar-refractivity contribution in [3.05, 3.63) is 0 Å². The summed E-state index contributed by atoms with van der Waals surface area (Å²) in [7, 11) is -4.14. The van der Waals surface area contributed by atoms with Gasteiger partial charge in [0.05, 0.1) is 0 Å². The first kappa shape index (κ1) is 28.3. The van der Waals surface area contributed by atoms with Crippen molar-refractivity contribution in [1.29, 1.82) is 0 Å². The number of unbranched alkanes of at least 4 members (excludes halogenated alkanes) is 1. The Morgan fingerprint density at radius 3 is 0.893 bits per heavy atom. The van der Waals surface area contributed by atoms with Gasteiger partial charge in [0.15, 0.2) is 0 Å². The fraction of sp³-hybridized carbons (Fsp3) is 1.00. The van der Waals surface area contributed by atoms with E-state index in [1.807, 2.05) is 0 Å². The van der Waals surface area contributed by atoms with Crippen LogP contribution in [0, 0.1) is 0 Å². The van der Waals surface area contributed by atoms with E-state index in [-0.39, 0.29) is 0 Å². The average Bonchev–Trinajstić information content (AvgIpc) is 2.71. The van der Waals surface area contributed by atoms with E-state index in [1.165, 1.54) is 12.8 Å². The molecule has 0 fully saturated rings. The first-order valence-electron chi connectivity index (χ1n) is 12.1. The van der Waals surface area contributed by atoms with Gasteiger partial charge in [0, 0.05) is 26.4 Å². The molecule has 0 atom stereocenters. The van der Waals surface area contributed by atoms with Crippen LogP contribution in [0.1, 0.15) is 92.9 Å². The van der Waals surface area contributed by atoms with Crippen molar-refractivity contribution in [2.45, 2.75) is 117 Å². The smallest absolute Gasteiger partial charge is 0.338 e. The minimum Gasteiger partial charge on any atom is -0.394 e. The molecule has 0 aliphatic heterocycles. The summed E-state index contributed by atoms with van der Waals surface area (Å²) in [5.74, 6) is 0. The summed E-state index contributed by atoms with van der Waals surface area (Å²) in [5, 5.41) is 0. The molecular weight excluding hydrogens is 384 g/mol. The van der Waals surface area contributed by atoms with E-state index >= 15 is 0 Å². The SMILES string of the molecule is CCCO[Si](CCC)(CCCC[Si](CCC)(OCCC)OCCC)OCCC. The number of rotatable bonds is 21. The summed E-state index contributed by atoms with van der Waals surface area (Å²) in [4.78, 5) is 0. The van der Waals surface area contributed by atoms with Crippen molar-refractivity contribution in [3.8, 4) is 0 Å². The highest BCUT2D eigenvalue weighted by molar-refractivity contribution is 6.68. The predicted molar refractivity (Wildman–Crippen MR) is 126 cm³/mol. The number of hydrogen-bond acceptors (Lipinski definition) is 4. The van der Waals surface area contributed by atoms with Crippen LogP contribution in [-0.4, -0.2) is 43.5 Å². The molecule has 28 heavy (non-hydrogen) atoms. The minimum absolute atomic E-state index is 0.837. The third-order valence-corrected chi connectivity index (χ3v) is 12.6. The third kappa shape index (κ3) is 12.1. The fourth-order valence-corrected chi connectivity index (χ4v) is 10.8. The van der Waals surface area contributed by atoms with E-state index in [1.54, 1.807) is 0 Å². The van der Waals surface area contributed by atoms with Crippen molar-refractivity contribution in [3.63, 3.8) is 0 Å². The first-order chi connectivity index (χ1) is 13.6. The van der Waals surface area contributed by atoms with Crippen molar-refractivity contribution in [2.75, 3.05) is 26.4 Å². The van der Waals surface area contributed by atoms with Crippen molar-refractivity contribution >= 4 is 17.1 Å². The molecular formula is C22H50O4Si2. The molecule has 6 heteroatoms. The van der Waals surface area contributed by atoms with Crippen LogP contribution in [0.15, 0.2) is 0 Å². The van der Waals surface area contributed by atoms with Crippen LogP contribution in [0.25, 0.3) is 0 Å². The molecule has 170 valence electrons. The highest BCUT2D eigenvalue weighted by atomic mass is 28.4. The van der Waals surface area contributed by atoms with Crippen molar-refractivity contribution in [2.24, 2.45) is 0 Å². The Morgan fingerprint density at radius 1 is 0.393 bits per heavy atom. The standard InChI is InChI=1S/C22H50O4Si2/c1-7-15-23-27(19-11-5,24-16-8-2)21-13-14-22-28(20-12-6,25-17-9-3)26-18-10-4/h7-22H2,1-6H3. The summed E-state index contributed by atoms with van der Waals surface area (Å²) in [6.07, 6.45) is 8.89. The summed E-state index contributed by atoms with van der Waals surface area (Å²) < 4.78 is 25.6. The van der Waals surface area contributed by atoms with Gasteiger partial charge in [-0.2, -0.15) is 0 Å². The van der Waals surface area contributed by atoms with Gasteiger partial charge in [0.1, 0.15) is 0 Å². The van der Waals surface area contributed by atoms with Crippen LogP contribution in [0.4, 0.5) is 0 Å². The van der Waals surface area contributed by atoms with Gasteiger partial charge in [0.2, 0.25) is 0 Å². The van der Waals surface area contributed by atoms with Gasteiger partial charge in [-0.15, -0.1) is 0 Å². The predicted octanol–water partition coefficient (Wildman–Crippen LogP) is 7.18. The molecule has 0 bridgehead atoms. The van der Waals surface area contributed by atoms with Crippen LogP contribution in [-0.2, 0) is 17.7 Å². The Bertz CT molecular complexity index is 294. The van der Waals surface area contributed by atoms with Gasteiger partial charge in [-0.25, -0.2) is 0 Å². The van der Waals surface area contributed by atoms with Gasteiger partial charge in [0.25, 0.3) is 0 Å². The van der Waals surface area contributed by atoms with Crippen LogP contribution in [0.3, 0.4) is 0 Å². The molecule has 0 aromatic carbocycles. The first-order valence-corrected chi connectivity index (χ1v) is 16.6. The lowest BCUT2D eigenvalue weighted by molar-refractivity contribution is 0.162. The molecule has 0 radical (unpaired) electrons. The normalized spacial score (nSPS) is 12.6. The van der Waals surface area contributed by atoms with Gasteiger partial charge >= 0.3 is 17.1 Å². The largest absolute Gasteiger partial charge is 0.394 e. The molecule has 0 rings (SSSR count). The zero-order valence-corrected chi connectivity index (χ0v) is 21.9. The molecule has 0 saturated carbocycles. The Kier molecular flexibility index (Phi) is 18.3. The lowest BCUT2D eigenvalue weighted by atomic mass is 10.4. The molecule has 0 aromatic rings. The molecule has 0 saturated heterocycles. The van der Waals surface area contributed by atoms with Gasteiger partial charge in [-0.05, 0) is 49.9 Å². The molecule has 4 nitrogen and oxygen atoms in total. The highest BCUT2D eigenvalue weighted by Gasteiger charge is 2.38. The van der Waals surface area contributed by atoms with E-state index in [0.717, 1.165) is 89.1 Å². The maximum Gasteiger partial charge on any atom is 0.338 e. The van der Waals surface area contributed by atoms with E-state index < -0.39 is 17.1 Å². The van der Waals surface area contributed by atoms with Crippen LogP contribution in [0.2, 0.25) is 24.2 Å². The topological polar surface area (TPSA) is 36.9 Å². The fourth-order valence-electron chi connectivity index (χ4n) is 3.61. The summed E-state index contributed by atoms with van der Waals surface area (Å²) in [6.45, 7) is 16.6. The maximum absolute atomic E-state index is 6.40. The van der Waals surface area contributed by atoms with Crippen LogP contribution >= 0.6 is 0 Å². The average molecular weight is 435 g/mol. The van der Waals surface area contributed by atoms with Crippen molar-refractivity contribution < 1.29 is 17.7 Å². The molecule has 0 aliphatic carbocycles. The Balaban J connectivity index is 4.88. The van der Waals surface area contributed by atoms with Gasteiger partial charge < -0.3 is 17.7 Å². The molecule has 0 unspecified atom stereocenters. The second-order valence-electron chi connectivity index (χ2n) is 7.92. The number of hydrogen-bond donors (Lipinski definition) is 0. The van der Waals surface area contributed by atoms with Gasteiger partial charge in [-0.1, -0.05) is 67.2 Å². The minimum atomic E-state index is -2.07. The molecule has 0 amide bonds. The third-order valence-electron chi connectivity index (χ3n) is 4.90. The summed E-state index contributed by atoms with van der Waals surface area (Å²) in [5.41, 5.74) is 0. The van der Waals surface area contributed by atoms with E-state index in [2.05, 4.69) is 41.5 Å². The molecule has 0 heterocycles. The molecule has 0 aliphatic rings. The Morgan fingerprint density at radius 2 is 0.679 bits per heavy atom. The quantitative estimate of drug-likeness (QED) is 0.142. The lowest BCUT2D eigenvalue weighted by Crippen LogP contribution is -2.44.